The first-order valence-corrected chi connectivity index (χ1v) is 7.31. The Balaban J connectivity index is 2.00. The van der Waals surface area contributed by atoms with E-state index in [1.54, 1.807) is 0 Å². The van der Waals surface area contributed by atoms with Crippen LogP contribution in [-0.4, -0.2) is 35.3 Å². The van der Waals surface area contributed by atoms with Crippen molar-refractivity contribution in [3.8, 4) is 0 Å². The van der Waals surface area contributed by atoms with E-state index in [2.05, 4.69) is 43.0 Å². The summed E-state index contributed by atoms with van der Waals surface area (Å²) in [4.78, 5) is 16.0. The fraction of sp³-hybridized carbons (Fsp3) is 0.562. The maximum absolute atomic E-state index is 11.7. The van der Waals surface area contributed by atoms with Gasteiger partial charge in [0.1, 0.15) is 0 Å². The number of benzene rings is 1. The minimum absolute atomic E-state index is 0.300. The van der Waals surface area contributed by atoms with Crippen LogP contribution in [0.25, 0.3) is 0 Å². The maximum Gasteiger partial charge on any atom is 0.222 e. The quantitative estimate of drug-likeness (QED) is 0.785. The van der Waals surface area contributed by atoms with E-state index >= 15 is 0 Å². The van der Waals surface area contributed by atoms with Crippen molar-refractivity contribution in [3.63, 3.8) is 0 Å². The van der Waals surface area contributed by atoms with Crippen molar-refractivity contribution in [2.45, 2.75) is 39.8 Å². The number of nitrogens with zero attached hydrogens (tertiary/aromatic N) is 2. The lowest BCUT2D eigenvalue weighted by atomic mass is 10.1. The van der Waals surface area contributed by atoms with Gasteiger partial charge in [0.25, 0.3) is 0 Å². The lowest BCUT2D eigenvalue weighted by Gasteiger charge is -2.19. The minimum Gasteiger partial charge on any atom is -0.338 e. The third-order valence-electron chi connectivity index (χ3n) is 3.84. The zero-order chi connectivity index (χ0) is 13.7. The Morgan fingerprint density at radius 3 is 2.58 bits per heavy atom. The van der Waals surface area contributed by atoms with Crippen molar-refractivity contribution in [2.75, 3.05) is 19.6 Å². The van der Waals surface area contributed by atoms with Crippen molar-refractivity contribution in [3.05, 3.63) is 35.4 Å². The van der Waals surface area contributed by atoms with Crippen LogP contribution >= 0.6 is 0 Å². The summed E-state index contributed by atoms with van der Waals surface area (Å²) in [6, 6.07) is 8.64. The van der Waals surface area contributed by atoms with Crippen LogP contribution in [-0.2, 0) is 17.9 Å². The molecule has 1 fully saturated rings. The van der Waals surface area contributed by atoms with Crippen LogP contribution in [0.3, 0.4) is 0 Å². The van der Waals surface area contributed by atoms with Crippen molar-refractivity contribution < 1.29 is 4.79 Å². The zero-order valence-corrected chi connectivity index (χ0v) is 12.1. The largest absolute Gasteiger partial charge is 0.338 e. The fourth-order valence-corrected chi connectivity index (χ4v) is 2.62. The van der Waals surface area contributed by atoms with E-state index < -0.39 is 0 Å². The summed E-state index contributed by atoms with van der Waals surface area (Å²) in [5, 5.41) is 0. The molecule has 0 radical (unpaired) electrons. The highest BCUT2D eigenvalue weighted by atomic mass is 16.2. The highest BCUT2D eigenvalue weighted by Gasteiger charge is 2.19. The van der Waals surface area contributed by atoms with Crippen molar-refractivity contribution in [1.29, 1.82) is 0 Å². The second-order valence-corrected chi connectivity index (χ2v) is 5.20. The van der Waals surface area contributed by atoms with Gasteiger partial charge in [-0.1, -0.05) is 38.1 Å². The average molecular weight is 260 g/mol. The molecule has 0 spiro atoms. The van der Waals surface area contributed by atoms with Gasteiger partial charge < -0.3 is 4.90 Å². The monoisotopic (exact) mass is 260 g/mol. The Kier molecular flexibility index (Phi) is 4.97. The Bertz CT molecular complexity index is 427. The lowest BCUT2D eigenvalue weighted by Crippen LogP contribution is -2.24. The van der Waals surface area contributed by atoms with Crippen molar-refractivity contribution in [1.82, 2.24) is 9.80 Å². The van der Waals surface area contributed by atoms with Gasteiger partial charge in [0.15, 0.2) is 0 Å². The van der Waals surface area contributed by atoms with Gasteiger partial charge in [-0.05, 0) is 30.6 Å². The van der Waals surface area contributed by atoms with Crippen LogP contribution in [0.4, 0.5) is 0 Å². The number of amides is 1. The molecule has 0 unspecified atom stereocenters. The number of hydrogen-bond donors (Lipinski definition) is 0. The predicted octanol–water partition coefficient (Wildman–Crippen LogP) is 2.65. The summed E-state index contributed by atoms with van der Waals surface area (Å²) in [6.07, 6.45) is 1.73. The molecule has 19 heavy (non-hydrogen) atoms. The van der Waals surface area contributed by atoms with Crippen LogP contribution in [0.2, 0.25) is 0 Å². The molecule has 2 rings (SSSR count). The van der Waals surface area contributed by atoms with E-state index in [1.807, 2.05) is 4.90 Å². The number of hydrogen-bond acceptors (Lipinski definition) is 2. The summed E-state index contributed by atoms with van der Waals surface area (Å²) >= 11 is 0. The molecule has 0 saturated carbocycles. The highest BCUT2D eigenvalue weighted by Crippen LogP contribution is 2.15. The molecule has 1 aliphatic rings. The predicted molar refractivity (Wildman–Crippen MR) is 77.7 cm³/mol. The van der Waals surface area contributed by atoms with Gasteiger partial charge in [0.05, 0.1) is 0 Å². The molecule has 3 heteroatoms. The number of likely N-dealkylation sites (tertiary alicyclic amines) is 1. The molecule has 0 aromatic heterocycles. The first-order chi connectivity index (χ1) is 9.22. The van der Waals surface area contributed by atoms with Crippen molar-refractivity contribution >= 4 is 5.91 Å². The Hall–Kier alpha value is -1.35. The molecule has 1 aliphatic heterocycles. The molecular weight excluding hydrogens is 236 g/mol. The molecular formula is C16H24N2O. The molecule has 0 N–H and O–H groups in total. The Labute approximate surface area is 116 Å². The van der Waals surface area contributed by atoms with E-state index in [1.165, 1.54) is 11.1 Å². The molecule has 0 atom stereocenters. The van der Waals surface area contributed by atoms with E-state index in [0.29, 0.717) is 5.91 Å². The highest BCUT2D eigenvalue weighted by molar-refractivity contribution is 5.78. The number of rotatable bonds is 6. The fourth-order valence-electron chi connectivity index (χ4n) is 2.62. The van der Waals surface area contributed by atoms with Gasteiger partial charge in [-0.2, -0.15) is 0 Å². The van der Waals surface area contributed by atoms with Gasteiger partial charge in [-0.3, -0.25) is 9.69 Å². The second-order valence-electron chi connectivity index (χ2n) is 5.20. The molecule has 0 bridgehead atoms. The normalized spacial score (nSPS) is 15.5. The standard InChI is InChI=1S/C16H24N2O/c1-3-17(4-2)12-14-7-5-8-15(11-14)13-18-10-6-9-16(18)19/h5,7-8,11H,3-4,6,9-10,12-13H2,1-2H3. The maximum atomic E-state index is 11.7. The SMILES string of the molecule is CCN(CC)Cc1cccc(CN2CCCC2=O)c1. The molecule has 1 aromatic rings. The molecule has 3 nitrogen and oxygen atoms in total. The minimum atomic E-state index is 0.300. The Morgan fingerprint density at radius 1 is 1.21 bits per heavy atom. The summed E-state index contributed by atoms with van der Waals surface area (Å²) in [5.74, 6) is 0.300. The van der Waals surface area contributed by atoms with E-state index in [-0.39, 0.29) is 0 Å². The summed E-state index contributed by atoms with van der Waals surface area (Å²) in [7, 11) is 0. The molecule has 0 aliphatic carbocycles. The average Bonchev–Trinajstić information content (AvgIpc) is 2.82. The second kappa shape index (κ2) is 6.71. The zero-order valence-electron chi connectivity index (χ0n) is 12.1. The van der Waals surface area contributed by atoms with Crippen LogP contribution in [0.5, 0.6) is 0 Å². The summed E-state index contributed by atoms with van der Waals surface area (Å²) in [5.41, 5.74) is 2.59. The van der Waals surface area contributed by atoms with Crippen LogP contribution in [0.1, 0.15) is 37.8 Å². The first-order valence-electron chi connectivity index (χ1n) is 7.31. The molecule has 1 aromatic carbocycles. The van der Waals surface area contributed by atoms with Crippen LogP contribution in [0, 0.1) is 0 Å². The topological polar surface area (TPSA) is 23.6 Å². The first kappa shape index (κ1) is 14.1. The van der Waals surface area contributed by atoms with Crippen LogP contribution < -0.4 is 0 Å². The van der Waals surface area contributed by atoms with E-state index in [0.717, 1.165) is 45.6 Å². The van der Waals surface area contributed by atoms with E-state index in [9.17, 15) is 4.79 Å². The third kappa shape index (κ3) is 3.80. The van der Waals surface area contributed by atoms with Crippen molar-refractivity contribution in [2.24, 2.45) is 0 Å². The van der Waals surface area contributed by atoms with E-state index in [4.69, 9.17) is 0 Å². The lowest BCUT2D eigenvalue weighted by molar-refractivity contribution is -0.128. The van der Waals surface area contributed by atoms with Gasteiger partial charge in [0, 0.05) is 26.1 Å². The Morgan fingerprint density at radius 2 is 1.95 bits per heavy atom. The van der Waals surface area contributed by atoms with Gasteiger partial charge >= 0.3 is 0 Å². The molecule has 1 amide bonds. The van der Waals surface area contributed by atoms with Crippen LogP contribution in [0.15, 0.2) is 24.3 Å². The van der Waals surface area contributed by atoms with Gasteiger partial charge in [0.2, 0.25) is 5.91 Å². The summed E-state index contributed by atoms with van der Waals surface area (Å²) < 4.78 is 0. The smallest absolute Gasteiger partial charge is 0.222 e. The number of carbonyl (C=O) groups is 1. The third-order valence-corrected chi connectivity index (χ3v) is 3.84. The van der Waals surface area contributed by atoms with Gasteiger partial charge in [-0.25, -0.2) is 0 Å². The molecule has 1 heterocycles. The molecule has 1 saturated heterocycles. The van der Waals surface area contributed by atoms with Gasteiger partial charge in [-0.15, -0.1) is 0 Å². The molecule has 104 valence electrons. The number of carbonyl (C=O) groups excluding carboxylic acids is 1. The summed E-state index contributed by atoms with van der Waals surface area (Å²) in [6.45, 7) is 9.21.